The van der Waals surface area contributed by atoms with Gasteiger partial charge in [0.1, 0.15) is 0 Å². The maximum Gasteiger partial charge on any atom is 0.335 e. The first-order valence-electron chi connectivity index (χ1n) is 18.1. The van der Waals surface area contributed by atoms with Gasteiger partial charge in [0.25, 0.3) is 11.8 Å². The van der Waals surface area contributed by atoms with Gasteiger partial charge >= 0.3 is 11.9 Å². The van der Waals surface area contributed by atoms with Crippen LogP contribution in [0.3, 0.4) is 0 Å². The molecule has 0 bridgehead atoms. The second-order valence-electron chi connectivity index (χ2n) is 16.6. The molecule has 7 rings (SSSR count). The summed E-state index contributed by atoms with van der Waals surface area (Å²) in [5.41, 5.74) is 6.31. The fourth-order valence-corrected chi connectivity index (χ4v) is 10.5. The second kappa shape index (κ2) is 12.8. The molecule has 0 fully saturated rings. The summed E-state index contributed by atoms with van der Waals surface area (Å²) in [6.07, 6.45) is 10.4. The summed E-state index contributed by atoms with van der Waals surface area (Å²) in [6, 6.07) is 17.7. The highest BCUT2D eigenvalue weighted by Gasteiger charge is 2.48. The SMILES string of the molecule is CC1(C)C(c2ccc(C(=O)O)cc2)=CC[C@]2(C)CN(C(=O)c3ccc(C(=O)N4CC=C5C(C)(C)C(c6ccc(C(=O)O)cc6)=CC[C@]5(C)C4)s3)CC=C12. The van der Waals surface area contributed by atoms with Gasteiger partial charge < -0.3 is 20.0 Å². The van der Waals surface area contributed by atoms with Gasteiger partial charge in [0, 0.05) is 47.8 Å². The highest BCUT2D eigenvalue weighted by molar-refractivity contribution is 7.15. The Bertz CT molecular complexity index is 2010. The summed E-state index contributed by atoms with van der Waals surface area (Å²) >= 11 is 1.26. The first kappa shape index (κ1) is 36.3. The number of thiophene rings is 1. The van der Waals surface area contributed by atoms with Crippen molar-refractivity contribution in [3.8, 4) is 0 Å². The van der Waals surface area contributed by atoms with E-state index in [-0.39, 0.29) is 44.6 Å². The van der Waals surface area contributed by atoms with Crippen LogP contribution in [-0.4, -0.2) is 69.9 Å². The number of carboxylic acids is 2. The molecular weight excluding hydrogens is 685 g/mol. The largest absolute Gasteiger partial charge is 0.478 e. The summed E-state index contributed by atoms with van der Waals surface area (Å²) in [5.74, 6) is -2.03. The van der Waals surface area contributed by atoms with E-state index in [1.807, 2.05) is 34.1 Å². The Balaban J connectivity index is 1.04. The number of allylic oxidation sites excluding steroid dienone is 4. The molecule has 2 aromatic carbocycles. The topological polar surface area (TPSA) is 115 Å². The number of fused-ring (bicyclic) bond motifs is 2. The molecule has 3 aromatic rings. The highest BCUT2D eigenvalue weighted by atomic mass is 32.1. The van der Waals surface area contributed by atoms with E-state index in [0.29, 0.717) is 35.9 Å². The van der Waals surface area contributed by atoms with Gasteiger partial charge in [0.2, 0.25) is 0 Å². The van der Waals surface area contributed by atoms with Crippen molar-refractivity contribution in [3.63, 3.8) is 0 Å². The molecule has 0 unspecified atom stereocenters. The van der Waals surface area contributed by atoms with E-state index in [0.717, 1.165) is 35.1 Å². The molecule has 9 heteroatoms. The molecule has 2 amide bonds. The predicted molar refractivity (Wildman–Crippen MR) is 208 cm³/mol. The molecule has 0 saturated heterocycles. The number of benzene rings is 2. The number of carbonyl (C=O) groups excluding carboxylic acids is 2. The third kappa shape index (κ3) is 6.18. The Labute approximate surface area is 314 Å². The van der Waals surface area contributed by atoms with Crippen LogP contribution in [0.2, 0.25) is 0 Å². The minimum atomic E-state index is -0.944. The maximum absolute atomic E-state index is 13.9. The molecule has 3 heterocycles. The minimum Gasteiger partial charge on any atom is -0.478 e. The van der Waals surface area contributed by atoms with Crippen LogP contribution < -0.4 is 0 Å². The van der Waals surface area contributed by atoms with Crippen LogP contribution in [0.25, 0.3) is 11.1 Å². The molecule has 0 radical (unpaired) electrons. The Morgan fingerprint density at radius 2 is 0.906 bits per heavy atom. The first-order valence-corrected chi connectivity index (χ1v) is 19.0. The molecule has 53 heavy (non-hydrogen) atoms. The van der Waals surface area contributed by atoms with Gasteiger partial charge in [0.15, 0.2) is 0 Å². The normalized spacial score (nSPS) is 24.5. The van der Waals surface area contributed by atoms with Gasteiger partial charge in [-0.05, 0) is 71.5 Å². The van der Waals surface area contributed by atoms with E-state index in [1.54, 1.807) is 36.4 Å². The Hall–Kier alpha value is -5.02. The van der Waals surface area contributed by atoms with E-state index in [2.05, 4.69) is 65.8 Å². The summed E-state index contributed by atoms with van der Waals surface area (Å²) in [7, 11) is 0. The number of amides is 2. The van der Waals surface area contributed by atoms with Gasteiger partial charge in [-0.3, -0.25) is 9.59 Å². The van der Waals surface area contributed by atoms with Crippen LogP contribution in [-0.2, 0) is 0 Å². The number of hydrogen-bond donors (Lipinski definition) is 2. The van der Waals surface area contributed by atoms with Crippen molar-refractivity contribution in [1.29, 1.82) is 0 Å². The summed E-state index contributed by atoms with van der Waals surface area (Å²) in [6.45, 7) is 15.3. The standard InChI is InChI=1S/C44H46N2O6S/c1-41(2)31(27-7-11-29(12-8-27)39(49)50)17-21-43(5)25-45(23-19-35(41)43)37(47)33-15-16-34(53-33)38(48)46-24-20-36-42(3,4)32(18-22-44(36,6)26-46)28-9-13-30(14-10-28)40(51)52/h7-20H,21-26H2,1-6H3,(H,49,50)(H,51,52)/t43-,44-/m1/s1. The molecule has 2 atom stereocenters. The molecule has 1 aromatic heterocycles. The number of aromatic carboxylic acids is 2. The van der Waals surface area contributed by atoms with Crippen LogP contribution in [0.1, 0.15) is 106 Å². The van der Waals surface area contributed by atoms with Crippen LogP contribution in [0, 0.1) is 21.7 Å². The number of rotatable bonds is 6. The number of carboxylic acid groups (broad SMARTS) is 2. The highest BCUT2D eigenvalue weighted by Crippen LogP contribution is 2.57. The maximum atomic E-state index is 13.9. The van der Waals surface area contributed by atoms with Gasteiger partial charge in [0.05, 0.1) is 20.9 Å². The summed E-state index contributed by atoms with van der Waals surface area (Å²) < 4.78 is 0. The average Bonchev–Trinajstić information content (AvgIpc) is 3.61. The zero-order valence-electron chi connectivity index (χ0n) is 31.2. The predicted octanol–water partition coefficient (Wildman–Crippen LogP) is 8.95. The second-order valence-corrected chi connectivity index (χ2v) is 17.6. The van der Waals surface area contributed by atoms with Crippen molar-refractivity contribution < 1.29 is 29.4 Å². The number of nitrogens with zero attached hydrogens (tertiary/aromatic N) is 2. The fourth-order valence-electron chi connectivity index (χ4n) is 9.59. The lowest BCUT2D eigenvalue weighted by Gasteiger charge is -2.50. The van der Waals surface area contributed by atoms with E-state index in [9.17, 15) is 29.4 Å². The molecular formula is C44H46N2O6S. The van der Waals surface area contributed by atoms with Crippen molar-refractivity contribution in [3.05, 3.63) is 128 Å². The minimum absolute atomic E-state index is 0.0710. The van der Waals surface area contributed by atoms with Crippen LogP contribution in [0.5, 0.6) is 0 Å². The zero-order chi connectivity index (χ0) is 38.1. The molecule has 2 N–H and O–H groups in total. The first-order chi connectivity index (χ1) is 24.9. The number of hydrogen-bond acceptors (Lipinski definition) is 5. The van der Waals surface area contributed by atoms with Crippen molar-refractivity contribution in [1.82, 2.24) is 9.80 Å². The Morgan fingerprint density at radius 3 is 1.25 bits per heavy atom. The van der Waals surface area contributed by atoms with Gasteiger partial charge in [-0.25, -0.2) is 9.59 Å². The zero-order valence-corrected chi connectivity index (χ0v) is 32.0. The Kier molecular flexibility index (Phi) is 8.80. The monoisotopic (exact) mass is 730 g/mol. The molecule has 2 aliphatic carbocycles. The molecule has 4 aliphatic rings. The van der Waals surface area contributed by atoms with Gasteiger partial charge in [-0.15, -0.1) is 11.3 Å². The van der Waals surface area contributed by atoms with E-state index in [4.69, 9.17) is 0 Å². The quantitative estimate of drug-likeness (QED) is 0.245. The fraction of sp³-hybridized carbons (Fsp3) is 0.364. The average molecular weight is 731 g/mol. The van der Waals surface area contributed by atoms with Crippen molar-refractivity contribution in [2.45, 2.75) is 54.4 Å². The van der Waals surface area contributed by atoms with Crippen LogP contribution in [0.15, 0.2) is 96.1 Å². The third-order valence-corrected chi connectivity index (χ3v) is 13.2. The van der Waals surface area contributed by atoms with Crippen LogP contribution >= 0.6 is 11.3 Å². The summed E-state index contributed by atoms with van der Waals surface area (Å²) in [5, 5.41) is 18.7. The van der Waals surface area contributed by atoms with Gasteiger partial charge in [-0.2, -0.15) is 0 Å². The number of carbonyl (C=O) groups is 4. The lowest BCUT2D eigenvalue weighted by atomic mass is 9.58. The Morgan fingerprint density at radius 1 is 0.547 bits per heavy atom. The van der Waals surface area contributed by atoms with E-state index >= 15 is 0 Å². The lowest BCUT2D eigenvalue weighted by Crippen LogP contribution is -2.48. The lowest BCUT2D eigenvalue weighted by molar-refractivity contribution is 0.0681. The van der Waals surface area contributed by atoms with E-state index < -0.39 is 11.9 Å². The smallest absolute Gasteiger partial charge is 0.335 e. The molecule has 8 nitrogen and oxygen atoms in total. The molecule has 2 aliphatic heterocycles. The van der Waals surface area contributed by atoms with Crippen LogP contribution in [0.4, 0.5) is 0 Å². The molecule has 274 valence electrons. The van der Waals surface area contributed by atoms with Gasteiger partial charge in [-0.1, -0.05) is 101 Å². The molecule has 0 saturated carbocycles. The van der Waals surface area contributed by atoms with E-state index in [1.165, 1.54) is 22.5 Å². The summed E-state index contributed by atoms with van der Waals surface area (Å²) in [4.78, 5) is 55.6. The van der Waals surface area contributed by atoms with Crippen molar-refractivity contribution in [2.24, 2.45) is 21.7 Å². The third-order valence-electron chi connectivity index (χ3n) is 12.1. The van der Waals surface area contributed by atoms with Crippen molar-refractivity contribution >= 4 is 46.2 Å². The molecule has 0 spiro atoms. The van der Waals surface area contributed by atoms with Crippen molar-refractivity contribution in [2.75, 3.05) is 26.2 Å².